The van der Waals surface area contributed by atoms with Gasteiger partial charge in [-0.25, -0.2) is 15.0 Å². The number of benzene rings is 1. The summed E-state index contributed by atoms with van der Waals surface area (Å²) in [5.74, 6) is -0.471. The van der Waals surface area contributed by atoms with Crippen molar-refractivity contribution in [1.29, 1.82) is 0 Å². The summed E-state index contributed by atoms with van der Waals surface area (Å²) in [4.78, 5) is 21.7. The zero-order valence-electron chi connectivity index (χ0n) is 8.64. The standard InChI is InChI=1S/C10H11N3O3/c1-16-9(14)8-5-3-2-4-7(8)6-12-13-10(11)15/h2-6H,1H3,(H3,11,13,15)/b12-6+. The Balaban J connectivity index is 2.91. The van der Waals surface area contributed by atoms with E-state index < -0.39 is 12.0 Å². The topological polar surface area (TPSA) is 93.8 Å². The van der Waals surface area contributed by atoms with Gasteiger partial charge in [0.1, 0.15) is 0 Å². The number of carbonyl (C=O) groups is 2. The Bertz CT molecular complexity index is 429. The van der Waals surface area contributed by atoms with Crippen molar-refractivity contribution in [3.63, 3.8) is 0 Å². The first-order valence-corrected chi connectivity index (χ1v) is 4.41. The van der Waals surface area contributed by atoms with Crippen LogP contribution in [0.4, 0.5) is 4.79 Å². The summed E-state index contributed by atoms with van der Waals surface area (Å²) in [6.07, 6.45) is 1.32. The van der Waals surface area contributed by atoms with E-state index in [1.165, 1.54) is 13.3 Å². The van der Waals surface area contributed by atoms with Gasteiger partial charge in [-0.05, 0) is 6.07 Å². The fourth-order valence-electron chi connectivity index (χ4n) is 1.07. The molecule has 0 aliphatic heterocycles. The fraction of sp³-hybridized carbons (Fsp3) is 0.100. The molecule has 0 bridgehead atoms. The van der Waals surface area contributed by atoms with Crippen LogP contribution in [0.3, 0.4) is 0 Å². The number of urea groups is 1. The predicted molar refractivity (Wildman–Crippen MR) is 58.1 cm³/mol. The van der Waals surface area contributed by atoms with E-state index in [1.54, 1.807) is 24.3 Å². The monoisotopic (exact) mass is 221 g/mol. The van der Waals surface area contributed by atoms with E-state index in [2.05, 4.69) is 9.84 Å². The van der Waals surface area contributed by atoms with Crippen LogP contribution in [-0.2, 0) is 4.74 Å². The Morgan fingerprint density at radius 2 is 2.12 bits per heavy atom. The maximum absolute atomic E-state index is 11.3. The highest BCUT2D eigenvalue weighted by Gasteiger charge is 2.08. The summed E-state index contributed by atoms with van der Waals surface area (Å²) < 4.78 is 4.59. The van der Waals surface area contributed by atoms with Gasteiger partial charge in [0.05, 0.1) is 18.9 Å². The number of nitrogens with two attached hydrogens (primary N) is 1. The minimum Gasteiger partial charge on any atom is -0.465 e. The summed E-state index contributed by atoms with van der Waals surface area (Å²) >= 11 is 0. The number of ether oxygens (including phenoxy) is 1. The summed E-state index contributed by atoms with van der Waals surface area (Å²) in [7, 11) is 1.29. The molecular formula is C10H11N3O3. The molecule has 0 aliphatic rings. The van der Waals surface area contributed by atoms with Crippen molar-refractivity contribution in [2.45, 2.75) is 0 Å². The van der Waals surface area contributed by atoms with Gasteiger partial charge in [-0.1, -0.05) is 18.2 Å². The number of hydrogen-bond acceptors (Lipinski definition) is 4. The second kappa shape index (κ2) is 5.50. The molecule has 0 aromatic heterocycles. The number of hydrogen-bond donors (Lipinski definition) is 2. The van der Waals surface area contributed by atoms with Crippen LogP contribution >= 0.6 is 0 Å². The first-order valence-electron chi connectivity index (χ1n) is 4.41. The molecule has 0 heterocycles. The molecule has 3 N–H and O–H groups in total. The number of esters is 1. The lowest BCUT2D eigenvalue weighted by atomic mass is 10.1. The predicted octanol–water partition coefficient (Wildman–Crippen LogP) is 0.475. The highest BCUT2D eigenvalue weighted by molar-refractivity contribution is 5.99. The Morgan fingerprint density at radius 1 is 1.44 bits per heavy atom. The largest absolute Gasteiger partial charge is 0.465 e. The normalized spacial score (nSPS) is 10.1. The molecule has 0 aliphatic carbocycles. The number of nitrogens with zero attached hydrogens (tertiary/aromatic N) is 1. The van der Waals surface area contributed by atoms with Crippen molar-refractivity contribution in [3.05, 3.63) is 35.4 Å². The average molecular weight is 221 g/mol. The van der Waals surface area contributed by atoms with Crippen LogP contribution in [0.15, 0.2) is 29.4 Å². The summed E-state index contributed by atoms with van der Waals surface area (Å²) in [5, 5.41) is 3.56. The number of methoxy groups -OCH3 is 1. The zero-order valence-corrected chi connectivity index (χ0v) is 8.64. The van der Waals surface area contributed by atoms with E-state index >= 15 is 0 Å². The third-order valence-electron chi connectivity index (χ3n) is 1.74. The van der Waals surface area contributed by atoms with Crippen LogP contribution in [0.5, 0.6) is 0 Å². The number of primary amides is 1. The van der Waals surface area contributed by atoms with E-state index in [0.29, 0.717) is 11.1 Å². The Hall–Kier alpha value is -2.37. The molecule has 84 valence electrons. The van der Waals surface area contributed by atoms with Gasteiger partial charge in [0.15, 0.2) is 0 Å². The molecule has 6 heteroatoms. The van der Waals surface area contributed by atoms with Gasteiger partial charge in [-0.3, -0.25) is 0 Å². The summed E-state index contributed by atoms with van der Waals surface area (Å²) in [6, 6.07) is 5.92. The second-order valence-corrected chi connectivity index (χ2v) is 2.81. The SMILES string of the molecule is COC(=O)c1ccccc1/C=N/NC(N)=O. The lowest BCUT2D eigenvalue weighted by Gasteiger charge is -2.02. The third-order valence-corrected chi connectivity index (χ3v) is 1.74. The lowest BCUT2D eigenvalue weighted by molar-refractivity contribution is 0.0600. The minimum absolute atomic E-state index is 0.361. The highest BCUT2D eigenvalue weighted by Crippen LogP contribution is 2.07. The third kappa shape index (κ3) is 3.09. The first kappa shape index (κ1) is 11.7. The molecule has 0 fully saturated rings. The molecule has 0 unspecified atom stereocenters. The van der Waals surface area contributed by atoms with Gasteiger partial charge in [0, 0.05) is 5.56 Å². The summed E-state index contributed by atoms with van der Waals surface area (Å²) in [5.41, 5.74) is 7.75. The molecule has 0 spiro atoms. The summed E-state index contributed by atoms with van der Waals surface area (Å²) in [6.45, 7) is 0. The van der Waals surface area contributed by atoms with E-state index in [0.717, 1.165) is 0 Å². The van der Waals surface area contributed by atoms with Crippen molar-refractivity contribution in [2.24, 2.45) is 10.8 Å². The Morgan fingerprint density at radius 3 is 2.75 bits per heavy atom. The number of amides is 2. The minimum atomic E-state index is -0.771. The van der Waals surface area contributed by atoms with Gasteiger partial charge in [0.2, 0.25) is 0 Å². The molecule has 16 heavy (non-hydrogen) atoms. The molecule has 0 radical (unpaired) electrons. The molecule has 0 saturated heterocycles. The zero-order chi connectivity index (χ0) is 12.0. The number of hydrazone groups is 1. The van der Waals surface area contributed by atoms with Crippen molar-refractivity contribution in [3.8, 4) is 0 Å². The van der Waals surface area contributed by atoms with E-state index in [9.17, 15) is 9.59 Å². The van der Waals surface area contributed by atoms with Crippen LogP contribution in [0.2, 0.25) is 0 Å². The first-order chi connectivity index (χ1) is 7.65. The molecule has 1 aromatic carbocycles. The number of carbonyl (C=O) groups excluding carboxylic acids is 2. The van der Waals surface area contributed by atoms with Crippen molar-refractivity contribution < 1.29 is 14.3 Å². The van der Waals surface area contributed by atoms with Gasteiger partial charge in [0.25, 0.3) is 0 Å². The quantitative estimate of drug-likeness (QED) is 0.441. The number of nitrogens with one attached hydrogen (secondary N) is 1. The van der Waals surface area contributed by atoms with E-state index in [-0.39, 0.29) is 0 Å². The smallest absolute Gasteiger partial charge is 0.338 e. The molecule has 0 saturated carbocycles. The molecule has 1 aromatic rings. The van der Waals surface area contributed by atoms with Crippen LogP contribution in [0.1, 0.15) is 15.9 Å². The Kier molecular flexibility index (Phi) is 4.02. The van der Waals surface area contributed by atoms with Crippen molar-refractivity contribution >= 4 is 18.2 Å². The fourth-order valence-corrected chi connectivity index (χ4v) is 1.07. The van der Waals surface area contributed by atoms with E-state index in [4.69, 9.17) is 5.73 Å². The lowest BCUT2D eigenvalue weighted by Crippen LogP contribution is -2.24. The molecule has 1 rings (SSSR count). The van der Waals surface area contributed by atoms with Gasteiger partial charge < -0.3 is 10.5 Å². The van der Waals surface area contributed by atoms with Crippen molar-refractivity contribution in [2.75, 3.05) is 7.11 Å². The number of rotatable bonds is 3. The maximum Gasteiger partial charge on any atom is 0.338 e. The second-order valence-electron chi connectivity index (χ2n) is 2.81. The van der Waals surface area contributed by atoms with Gasteiger partial charge in [-0.2, -0.15) is 5.10 Å². The van der Waals surface area contributed by atoms with E-state index in [1.807, 2.05) is 5.43 Å². The van der Waals surface area contributed by atoms with Crippen LogP contribution in [0, 0.1) is 0 Å². The van der Waals surface area contributed by atoms with Gasteiger partial charge >= 0.3 is 12.0 Å². The Labute approximate surface area is 92.1 Å². The van der Waals surface area contributed by atoms with Gasteiger partial charge in [-0.15, -0.1) is 0 Å². The van der Waals surface area contributed by atoms with Crippen LogP contribution < -0.4 is 11.2 Å². The van der Waals surface area contributed by atoms with Crippen molar-refractivity contribution in [1.82, 2.24) is 5.43 Å². The molecular weight excluding hydrogens is 210 g/mol. The van der Waals surface area contributed by atoms with Crippen LogP contribution in [-0.4, -0.2) is 25.3 Å². The average Bonchev–Trinajstić information content (AvgIpc) is 2.28. The molecule has 2 amide bonds. The molecule has 6 nitrogen and oxygen atoms in total. The molecule has 0 atom stereocenters. The maximum atomic E-state index is 11.3. The highest BCUT2D eigenvalue weighted by atomic mass is 16.5. The van der Waals surface area contributed by atoms with Crippen LogP contribution in [0.25, 0.3) is 0 Å².